The molecule has 128 valence electrons. The second-order valence-electron chi connectivity index (χ2n) is 5.24. The van der Waals surface area contributed by atoms with E-state index in [-0.39, 0.29) is 23.2 Å². The van der Waals surface area contributed by atoms with Gasteiger partial charge in [0, 0.05) is 6.04 Å². The fraction of sp³-hybridized carbons (Fsp3) is 0.333. The maximum absolute atomic E-state index is 12.0. The van der Waals surface area contributed by atoms with Gasteiger partial charge in [-0.2, -0.15) is 15.0 Å². The summed E-state index contributed by atoms with van der Waals surface area (Å²) in [6.07, 6.45) is -0.703. The number of hydrogen-bond acceptors (Lipinski definition) is 7. The number of rotatable bonds is 7. The summed E-state index contributed by atoms with van der Waals surface area (Å²) in [5.74, 6) is 0.661. The third kappa shape index (κ3) is 5.54. The average molecular weight is 351 g/mol. The number of ether oxygens (including phenoxy) is 1. The van der Waals surface area contributed by atoms with Gasteiger partial charge in [0.05, 0.1) is 0 Å². The van der Waals surface area contributed by atoms with Crippen LogP contribution in [0.15, 0.2) is 30.3 Å². The van der Waals surface area contributed by atoms with Crippen LogP contribution in [0.4, 0.5) is 11.9 Å². The van der Waals surface area contributed by atoms with Crippen LogP contribution < -0.4 is 20.9 Å². The molecule has 0 aliphatic heterocycles. The Balaban J connectivity index is 1.92. The number of halogens is 1. The summed E-state index contributed by atoms with van der Waals surface area (Å²) < 4.78 is 5.52. The second kappa shape index (κ2) is 8.30. The van der Waals surface area contributed by atoms with Crippen LogP contribution in [0.3, 0.4) is 0 Å². The molecule has 0 aliphatic rings. The predicted molar refractivity (Wildman–Crippen MR) is 91.9 cm³/mol. The predicted octanol–water partition coefficient (Wildman–Crippen LogP) is 2.26. The number of benzene rings is 1. The lowest BCUT2D eigenvalue weighted by Crippen LogP contribution is -2.40. The van der Waals surface area contributed by atoms with E-state index in [9.17, 15) is 4.79 Å². The van der Waals surface area contributed by atoms with Gasteiger partial charge in [-0.25, -0.2) is 0 Å². The minimum absolute atomic E-state index is 0.0125. The maximum atomic E-state index is 12.0. The molecule has 9 heteroatoms. The molecule has 0 saturated carbocycles. The first-order valence-corrected chi connectivity index (χ1v) is 7.77. The number of nitrogens with zero attached hydrogens (tertiary/aromatic N) is 3. The molecule has 1 atom stereocenters. The van der Waals surface area contributed by atoms with Crippen molar-refractivity contribution in [3.05, 3.63) is 35.6 Å². The molecular weight excluding hydrogens is 332 g/mol. The Kier molecular flexibility index (Phi) is 6.14. The molecule has 2 aromatic rings. The average Bonchev–Trinajstić information content (AvgIpc) is 2.52. The Bertz CT molecular complexity index is 683. The van der Waals surface area contributed by atoms with Crippen molar-refractivity contribution in [2.75, 3.05) is 10.7 Å². The van der Waals surface area contributed by atoms with E-state index in [1.54, 1.807) is 19.1 Å². The highest BCUT2D eigenvalue weighted by Gasteiger charge is 2.15. The number of hydrazine groups is 1. The zero-order valence-corrected chi connectivity index (χ0v) is 14.3. The molecule has 1 aromatic heterocycles. The Morgan fingerprint density at radius 2 is 1.75 bits per heavy atom. The SMILES string of the molecule is CC(C)Nc1nc(Cl)nc(NNC(=O)[C@@H](C)Oc2ccccc2)n1. The number of nitrogens with one attached hydrogen (secondary N) is 3. The molecule has 3 N–H and O–H groups in total. The van der Waals surface area contributed by atoms with Crippen LogP contribution >= 0.6 is 11.6 Å². The van der Waals surface area contributed by atoms with Crippen molar-refractivity contribution in [3.63, 3.8) is 0 Å². The number of aromatic nitrogens is 3. The molecule has 0 unspecified atom stereocenters. The van der Waals surface area contributed by atoms with Crippen molar-refractivity contribution in [2.24, 2.45) is 0 Å². The molecule has 0 fully saturated rings. The minimum atomic E-state index is -0.703. The van der Waals surface area contributed by atoms with E-state index in [4.69, 9.17) is 16.3 Å². The highest BCUT2D eigenvalue weighted by Crippen LogP contribution is 2.11. The molecule has 24 heavy (non-hydrogen) atoms. The van der Waals surface area contributed by atoms with Crippen molar-refractivity contribution < 1.29 is 9.53 Å². The summed E-state index contributed by atoms with van der Waals surface area (Å²) in [7, 11) is 0. The molecule has 0 spiro atoms. The number of para-hydroxylation sites is 1. The smallest absolute Gasteiger partial charge is 0.279 e. The van der Waals surface area contributed by atoms with Crippen LogP contribution in [0.1, 0.15) is 20.8 Å². The third-order valence-electron chi connectivity index (χ3n) is 2.75. The van der Waals surface area contributed by atoms with E-state index in [1.807, 2.05) is 32.0 Å². The molecular formula is C15H19ClN6O2. The van der Waals surface area contributed by atoms with Crippen LogP contribution in [0.25, 0.3) is 0 Å². The van der Waals surface area contributed by atoms with Crippen molar-refractivity contribution >= 4 is 29.4 Å². The zero-order valence-electron chi connectivity index (χ0n) is 13.6. The van der Waals surface area contributed by atoms with E-state index < -0.39 is 6.10 Å². The van der Waals surface area contributed by atoms with Gasteiger partial charge in [0.15, 0.2) is 6.10 Å². The quantitative estimate of drug-likeness (QED) is 0.658. The fourth-order valence-corrected chi connectivity index (χ4v) is 1.86. The summed E-state index contributed by atoms with van der Waals surface area (Å²) in [5, 5.41) is 3.02. The van der Waals surface area contributed by atoms with Gasteiger partial charge in [-0.1, -0.05) is 18.2 Å². The van der Waals surface area contributed by atoms with Gasteiger partial charge in [0.2, 0.25) is 17.2 Å². The number of amides is 1. The van der Waals surface area contributed by atoms with E-state index in [0.29, 0.717) is 11.7 Å². The first kappa shape index (κ1) is 17.7. The van der Waals surface area contributed by atoms with Gasteiger partial charge in [-0.05, 0) is 44.5 Å². The van der Waals surface area contributed by atoms with E-state index in [1.165, 1.54) is 0 Å². The molecule has 0 saturated heterocycles. The Morgan fingerprint density at radius 3 is 2.42 bits per heavy atom. The highest BCUT2D eigenvalue weighted by atomic mass is 35.5. The van der Waals surface area contributed by atoms with Gasteiger partial charge in [-0.3, -0.25) is 15.6 Å². The maximum Gasteiger partial charge on any atom is 0.279 e. The van der Waals surface area contributed by atoms with Crippen LogP contribution in [0, 0.1) is 0 Å². The first-order chi connectivity index (χ1) is 11.4. The summed E-state index contributed by atoms with van der Waals surface area (Å²) >= 11 is 5.84. The number of hydrogen-bond donors (Lipinski definition) is 3. The number of carbonyl (C=O) groups excluding carboxylic acids is 1. The summed E-state index contributed by atoms with van der Waals surface area (Å²) in [6.45, 7) is 5.51. The Hall–Kier alpha value is -2.61. The van der Waals surface area contributed by atoms with Crippen LogP contribution in [0.2, 0.25) is 5.28 Å². The highest BCUT2D eigenvalue weighted by molar-refractivity contribution is 6.28. The fourth-order valence-electron chi connectivity index (χ4n) is 1.70. The molecule has 0 radical (unpaired) electrons. The molecule has 0 aliphatic carbocycles. The van der Waals surface area contributed by atoms with E-state index >= 15 is 0 Å². The van der Waals surface area contributed by atoms with Crippen LogP contribution in [0.5, 0.6) is 5.75 Å². The van der Waals surface area contributed by atoms with E-state index in [2.05, 4.69) is 31.1 Å². The molecule has 0 bridgehead atoms. The first-order valence-electron chi connectivity index (χ1n) is 7.39. The minimum Gasteiger partial charge on any atom is -0.481 e. The van der Waals surface area contributed by atoms with Gasteiger partial charge >= 0.3 is 0 Å². The van der Waals surface area contributed by atoms with Gasteiger partial charge < -0.3 is 10.1 Å². The number of carbonyl (C=O) groups is 1. The lowest BCUT2D eigenvalue weighted by atomic mass is 10.3. The van der Waals surface area contributed by atoms with Crippen molar-refractivity contribution in [1.29, 1.82) is 0 Å². The lowest BCUT2D eigenvalue weighted by Gasteiger charge is -2.15. The van der Waals surface area contributed by atoms with Crippen LogP contribution in [-0.2, 0) is 4.79 Å². The monoisotopic (exact) mass is 350 g/mol. The third-order valence-corrected chi connectivity index (χ3v) is 2.92. The van der Waals surface area contributed by atoms with Crippen molar-refractivity contribution in [3.8, 4) is 5.75 Å². The normalized spacial score (nSPS) is 11.7. The lowest BCUT2D eigenvalue weighted by molar-refractivity contribution is -0.126. The van der Waals surface area contributed by atoms with Gasteiger partial charge in [0.25, 0.3) is 5.91 Å². The molecule has 2 rings (SSSR count). The van der Waals surface area contributed by atoms with Gasteiger partial charge in [0.1, 0.15) is 5.75 Å². The summed E-state index contributed by atoms with van der Waals surface area (Å²) in [5.41, 5.74) is 5.07. The summed E-state index contributed by atoms with van der Waals surface area (Å²) in [6, 6.07) is 9.19. The molecule has 1 heterocycles. The second-order valence-corrected chi connectivity index (χ2v) is 5.58. The van der Waals surface area contributed by atoms with Crippen molar-refractivity contribution in [1.82, 2.24) is 20.4 Å². The Labute approximate surface area is 145 Å². The largest absolute Gasteiger partial charge is 0.481 e. The van der Waals surface area contributed by atoms with Crippen LogP contribution in [-0.4, -0.2) is 33.0 Å². The standard InChI is InChI=1S/C15H19ClN6O2/c1-9(2)17-14-18-13(16)19-15(20-14)22-21-12(23)10(3)24-11-7-5-4-6-8-11/h4-10H,1-3H3,(H,21,23)(H2,17,18,19,20,22)/t10-/m1/s1. The van der Waals surface area contributed by atoms with Crippen molar-refractivity contribution in [2.45, 2.75) is 32.9 Å². The zero-order chi connectivity index (χ0) is 17.5. The summed E-state index contributed by atoms with van der Waals surface area (Å²) in [4.78, 5) is 24.0. The molecule has 1 amide bonds. The number of anilines is 2. The van der Waals surface area contributed by atoms with Gasteiger partial charge in [-0.15, -0.1) is 0 Å². The topological polar surface area (TPSA) is 101 Å². The molecule has 1 aromatic carbocycles. The van der Waals surface area contributed by atoms with E-state index in [0.717, 1.165) is 0 Å². The molecule has 8 nitrogen and oxygen atoms in total. The Morgan fingerprint density at radius 1 is 1.08 bits per heavy atom.